The first-order valence-electron chi connectivity index (χ1n) is 11.5. The number of amides is 1. The lowest BCUT2D eigenvalue weighted by molar-refractivity contribution is -0.117. The summed E-state index contributed by atoms with van der Waals surface area (Å²) in [5.74, 6) is 0.754. The molecule has 4 heterocycles. The molecule has 168 valence electrons. The standard InChI is InChI=1S/C25H26N6O2/c1-30-22-13-26-23(28-25(32)16-7-8-16)11-21(22)24(29-30)18-5-2-4-17(10-18)19-12-27-31(14-19)20-6-3-9-33-15-20/h2,4-5,10-14,16,20H,3,6-9,15H2,1H3,(H,26,28,32)/t20-/m1/s1. The Bertz CT molecular complexity index is 1330. The molecule has 4 aromatic rings. The minimum Gasteiger partial charge on any atom is -0.379 e. The maximum atomic E-state index is 12.2. The third-order valence-corrected chi connectivity index (χ3v) is 6.52. The van der Waals surface area contributed by atoms with Crippen LogP contribution in [0.5, 0.6) is 0 Å². The fourth-order valence-electron chi connectivity index (χ4n) is 4.47. The number of nitrogens with one attached hydrogen (secondary N) is 1. The molecule has 0 unspecified atom stereocenters. The lowest BCUT2D eigenvalue weighted by Gasteiger charge is -2.22. The van der Waals surface area contributed by atoms with Crippen LogP contribution in [0, 0.1) is 5.92 Å². The van der Waals surface area contributed by atoms with E-state index in [1.165, 1.54) is 0 Å². The van der Waals surface area contributed by atoms with Crippen LogP contribution < -0.4 is 5.32 Å². The van der Waals surface area contributed by atoms with Gasteiger partial charge >= 0.3 is 0 Å². The van der Waals surface area contributed by atoms with E-state index in [9.17, 15) is 4.79 Å². The van der Waals surface area contributed by atoms with Gasteiger partial charge in [-0.2, -0.15) is 10.2 Å². The number of carbonyl (C=O) groups is 1. The van der Waals surface area contributed by atoms with E-state index in [2.05, 4.69) is 39.8 Å². The molecule has 1 saturated carbocycles. The van der Waals surface area contributed by atoms with Gasteiger partial charge in [0.05, 0.1) is 30.6 Å². The number of carbonyl (C=O) groups excluding carboxylic acids is 1. The highest BCUT2D eigenvalue weighted by Gasteiger charge is 2.30. The van der Waals surface area contributed by atoms with Crippen LogP contribution in [-0.2, 0) is 16.6 Å². The number of anilines is 1. The van der Waals surface area contributed by atoms with E-state index in [1.807, 2.05) is 34.7 Å². The van der Waals surface area contributed by atoms with E-state index in [0.29, 0.717) is 11.9 Å². The topological polar surface area (TPSA) is 86.9 Å². The van der Waals surface area contributed by atoms with Crippen LogP contribution in [0.1, 0.15) is 31.7 Å². The number of benzene rings is 1. The van der Waals surface area contributed by atoms with Gasteiger partial charge in [-0.05, 0) is 43.4 Å². The Kier molecular flexibility index (Phi) is 4.95. The Morgan fingerprint density at radius 3 is 2.82 bits per heavy atom. The molecule has 8 nitrogen and oxygen atoms in total. The van der Waals surface area contributed by atoms with Crippen molar-refractivity contribution in [1.82, 2.24) is 24.5 Å². The van der Waals surface area contributed by atoms with E-state index < -0.39 is 0 Å². The highest BCUT2D eigenvalue weighted by Crippen LogP contribution is 2.33. The Balaban J connectivity index is 1.33. The van der Waals surface area contributed by atoms with Gasteiger partial charge < -0.3 is 10.1 Å². The van der Waals surface area contributed by atoms with Crippen molar-refractivity contribution in [3.8, 4) is 22.4 Å². The molecule has 33 heavy (non-hydrogen) atoms. The van der Waals surface area contributed by atoms with E-state index in [1.54, 1.807) is 6.20 Å². The summed E-state index contributed by atoms with van der Waals surface area (Å²) in [6.45, 7) is 1.56. The zero-order chi connectivity index (χ0) is 22.4. The molecule has 1 atom stereocenters. The molecule has 6 rings (SSSR count). The van der Waals surface area contributed by atoms with Gasteiger partial charge in [0.1, 0.15) is 11.5 Å². The molecule has 1 aromatic carbocycles. The molecule has 1 amide bonds. The number of fused-ring (bicyclic) bond motifs is 1. The van der Waals surface area contributed by atoms with Crippen molar-refractivity contribution in [1.29, 1.82) is 0 Å². The molecule has 2 aliphatic rings. The minimum atomic E-state index is 0.0506. The zero-order valence-corrected chi connectivity index (χ0v) is 18.6. The molecular weight excluding hydrogens is 416 g/mol. The van der Waals surface area contributed by atoms with Gasteiger partial charge in [0.2, 0.25) is 5.91 Å². The second kappa shape index (κ2) is 8.12. The molecule has 0 bridgehead atoms. The molecule has 8 heteroatoms. The SMILES string of the molecule is Cn1nc(-c2cccc(-c3cnn([C@@H]4CCCOC4)c3)c2)c2cc(NC(=O)C3CC3)ncc21. The number of rotatable bonds is 5. The summed E-state index contributed by atoms with van der Waals surface area (Å²) in [5.41, 5.74) is 4.96. The maximum absolute atomic E-state index is 12.2. The van der Waals surface area contributed by atoms with Crippen molar-refractivity contribution < 1.29 is 9.53 Å². The van der Waals surface area contributed by atoms with Crippen molar-refractivity contribution in [3.63, 3.8) is 0 Å². The third kappa shape index (κ3) is 3.91. The van der Waals surface area contributed by atoms with E-state index in [4.69, 9.17) is 9.84 Å². The summed E-state index contributed by atoms with van der Waals surface area (Å²) in [6.07, 6.45) is 9.88. The number of aryl methyl sites for hydroxylation is 1. The third-order valence-electron chi connectivity index (χ3n) is 6.52. The molecule has 1 saturated heterocycles. The van der Waals surface area contributed by atoms with Crippen molar-refractivity contribution in [2.45, 2.75) is 31.7 Å². The van der Waals surface area contributed by atoms with Crippen LogP contribution >= 0.6 is 0 Å². The summed E-state index contributed by atoms with van der Waals surface area (Å²) in [4.78, 5) is 16.6. The summed E-state index contributed by atoms with van der Waals surface area (Å²) in [7, 11) is 1.91. The molecule has 3 aromatic heterocycles. The highest BCUT2D eigenvalue weighted by atomic mass is 16.5. The van der Waals surface area contributed by atoms with Gasteiger partial charge in [0.25, 0.3) is 0 Å². The summed E-state index contributed by atoms with van der Waals surface area (Å²) >= 11 is 0. The molecule has 1 N–H and O–H groups in total. The Morgan fingerprint density at radius 1 is 1.12 bits per heavy atom. The van der Waals surface area contributed by atoms with Crippen molar-refractivity contribution in [3.05, 3.63) is 48.9 Å². The number of aromatic nitrogens is 5. The number of nitrogens with zero attached hydrogens (tertiary/aromatic N) is 5. The normalized spacial score (nSPS) is 18.5. The van der Waals surface area contributed by atoms with Crippen LogP contribution in [0.4, 0.5) is 5.82 Å². The van der Waals surface area contributed by atoms with Gasteiger partial charge in [0, 0.05) is 42.3 Å². The highest BCUT2D eigenvalue weighted by molar-refractivity contribution is 5.98. The first-order chi connectivity index (χ1) is 16.2. The number of pyridine rings is 1. The van der Waals surface area contributed by atoms with Crippen LogP contribution in [-0.4, -0.2) is 43.7 Å². The summed E-state index contributed by atoms with van der Waals surface area (Å²) in [5, 5.41) is 13.3. The molecule has 0 radical (unpaired) electrons. The average Bonchev–Trinajstić information content (AvgIpc) is 3.50. The van der Waals surface area contributed by atoms with E-state index in [0.717, 1.165) is 72.2 Å². The Morgan fingerprint density at radius 2 is 2.00 bits per heavy atom. The fraction of sp³-hybridized carbons (Fsp3) is 0.360. The summed E-state index contributed by atoms with van der Waals surface area (Å²) in [6, 6.07) is 10.6. The second-order valence-corrected chi connectivity index (χ2v) is 8.98. The minimum absolute atomic E-state index is 0.0506. The van der Waals surface area contributed by atoms with Crippen molar-refractivity contribution in [2.75, 3.05) is 18.5 Å². The van der Waals surface area contributed by atoms with Gasteiger partial charge in [-0.3, -0.25) is 14.2 Å². The number of ether oxygens (including phenoxy) is 1. The van der Waals surface area contributed by atoms with Crippen LogP contribution in [0.3, 0.4) is 0 Å². The number of hydrogen-bond donors (Lipinski definition) is 1. The Labute approximate surface area is 191 Å². The smallest absolute Gasteiger partial charge is 0.228 e. The quantitative estimate of drug-likeness (QED) is 0.501. The fourth-order valence-corrected chi connectivity index (χ4v) is 4.47. The molecular formula is C25H26N6O2. The van der Waals surface area contributed by atoms with Crippen molar-refractivity contribution >= 4 is 22.6 Å². The van der Waals surface area contributed by atoms with Gasteiger partial charge in [0.15, 0.2) is 0 Å². The zero-order valence-electron chi connectivity index (χ0n) is 18.6. The monoisotopic (exact) mass is 442 g/mol. The largest absolute Gasteiger partial charge is 0.379 e. The van der Waals surface area contributed by atoms with Crippen LogP contribution in [0.2, 0.25) is 0 Å². The first-order valence-corrected chi connectivity index (χ1v) is 11.5. The average molecular weight is 443 g/mol. The van der Waals surface area contributed by atoms with E-state index in [-0.39, 0.29) is 11.8 Å². The second-order valence-electron chi connectivity index (χ2n) is 8.98. The predicted molar refractivity (Wildman–Crippen MR) is 126 cm³/mol. The predicted octanol–water partition coefficient (Wildman–Crippen LogP) is 4.20. The lowest BCUT2D eigenvalue weighted by atomic mass is 10.0. The van der Waals surface area contributed by atoms with Gasteiger partial charge in [-0.25, -0.2) is 4.98 Å². The van der Waals surface area contributed by atoms with Crippen LogP contribution in [0.15, 0.2) is 48.9 Å². The molecule has 1 aliphatic carbocycles. The Hall–Kier alpha value is -3.52. The molecule has 2 fully saturated rings. The first kappa shape index (κ1) is 20.1. The van der Waals surface area contributed by atoms with Gasteiger partial charge in [-0.1, -0.05) is 18.2 Å². The lowest BCUT2D eigenvalue weighted by Crippen LogP contribution is -2.21. The summed E-state index contributed by atoms with van der Waals surface area (Å²) < 4.78 is 9.48. The molecule has 1 aliphatic heterocycles. The van der Waals surface area contributed by atoms with Gasteiger partial charge in [-0.15, -0.1) is 0 Å². The maximum Gasteiger partial charge on any atom is 0.228 e. The molecule has 0 spiro atoms. The van der Waals surface area contributed by atoms with Crippen LogP contribution in [0.25, 0.3) is 33.3 Å². The number of hydrogen-bond acceptors (Lipinski definition) is 5. The van der Waals surface area contributed by atoms with Crippen molar-refractivity contribution in [2.24, 2.45) is 13.0 Å². The van der Waals surface area contributed by atoms with E-state index >= 15 is 0 Å².